The van der Waals surface area contributed by atoms with Gasteiger partial charge in [0.1, 0.15) is 11.6 Å². The molecule has 1 atom stereocenters. The fourth-order valence-electron chi connectivity index (χ4n) is 3.02. The summed E-state index contributed by atoms with van der Waals surface area (Å²) in [6.45, 7) is 0.892. The van der Waals surface area contributed by atoms with Crippen molar-refractivity contribution < 1.29 is 19.0 Å². The molecule has 4 rings (SSSR count). The highest BCUT2D eigenvalue weighted by atomic mass is 16.7. The number of amides is 1. The highest BCUT2D eigenvalue weighted by molar-refractivity contribution is 5.78. The molecule has 2 aliphatic rings. The zero-order valence-electron chi connectivity index (χ0n) is 12.7. The summed E-state index contributed by atoms with van der Waals surface area (Å²) in [5, 5.41) is 2.98. The van der Waals surface area contributed by atoms with E-state index in [-0.39, 0.29) is 18.7 Å². The molecule has 1 N–H and O–H groups in total. The van der Waals surface area contributed by atoms with E-state index in [1.54, 1.807) is 13.3 Å². The zero-order chi connectivity index (χ0) is 15.8. The summed E-state index contributed by atoms with van der Waals surface area (Å²) < 4.78 is 18.3. The van der Waals surface area contributed by atoms with Crippen LogP contribution in [-0.4, -0.2) is 35.4 Å². The molecule has 1 aromatic heterocycles. The van der Waals surface area contributed by atoms with Crippen LogP contribution in [0.5, 0.6) is 17.2 Å². The summed E-state index contributed by atoms with van der Waals surface area (Å²) in [6.07, 6.45) is 5.08. The average molecular weight is 315 g/mol. The summed E-state index contributed by atoms with van der Waals surface area (Å²) in [6, 6.07) is 3.83. The molecule has 0 aliphatic carbocycles. The largest absolute Gasteiger partial charge is 0.496 e. The van der Waals surface area contributed by atoms with Crippen molar-refractivity contribution in [3.63, 3.8) is 0 Å². The van der Waals surface area contributed by atoms with Gasteiger partial charge in [-0.15, -0.1) is 0 Å². The zero-order valence-corrected chi connectivity index (χ0v) is 12.7. The molecule has 1 amide bonds. The van der Waals surface area contributed by atoms with Crippen LogP contribution < -0.4 is 19.5 Å². The third-order valence-corrected chi connectivity index (χ3v) is 4.15. The van der Waals surface area contributed by atoms with Gasteiger partial charge in [-0.25, -0.2) is 4.98 Å². The number of methoxy groups -OCH3 is 1. The first-order valence-corrected chi connectivity index (χ1v) is 7.53. The second-order valence-corrected chi connectivity index (χ2v) is 5.61. The second-order valence-electron chi connectivity index (χ2n) is 5.61. The van der Waals surface area contributed by atoms with Gasteiger partial charge in [-0.3, -0.25) is 4.79 Å². The molecule has 0 saturated carbocycles. The van der Waals surface area contributed by atoms with Crippen LogP contribution in [0.3, 0.4) is 0 Å². The van der Waals surface area contributed by atoms with Crippen LogP contribution in [0.25, 0.3) is 11.4 Å². The minimum absolute atomic E-state index is 0.109. The number of carbonyl (C=O) groups excluding carboxylic acids is 1. The van der Waals surface area contributed by atoms with Gasteiger partial charge >= 0.3 is 0 Å². The molecule has 7 heteroatoms. The van der Waals surface area contributed by atoms with Crippen molar-refractivity contribution in [3.8, 4) is 28.6 Å². The molecule has 120 valence electrons. The van der Waals surface area contributed by atoms with Crippen LogP contribution >= 0.6 is 0 Å². The maximum atomic E-state index is 11.4. The van der Waals surface area contributed by atoms with Crippen LogP contribution in [0.2, 0.25) is 0 Å². The van der Waals surface area contributed by atoms with Crippen LogP contribution in [0, 0.1) is 0 Å². The summed E-state index contributed by atoms with van der Waals surface area (Å²) in [7, 11) is 1.62. The van der Waals surface area contributed by atoms with Crippen molar-refractivity contribution in [3.05, 3.63) is 24.5 Å². The Hall–Kier alpha value is -2.70. The van der Waals surface area contributed by atoms with Gasteiger partial charge in [0.25, 0.3) is 0 Å². The van der Waals surface area contributed by atoms with Gasteiger partial charge in [0.2, 0.25) is 12.7 Å². The first-order chi connectivity index (χ1) is 11.2. The molecule has 3 heterocycles. The van der Waals surface area contributed by atoms with Crippen molar-refractivity contribution >= 4 is 5.91 Å². The number of nitrogens with zero attached hydrogens (tertiary/aromatic N) is 2. The predicted octanol–water partition coefficient (Wildman–Crippen LogP) is 1.57. The van der Waals surface area contributed by atoms with E-state index in [0.29, 0.717) is 30.2 Å². The quantitative estimate of drug-likeness (QED) is 0.927. The molecule has 0 bridgehead atoms. The Bertz CT molecular complexity index is 756. The second kappa shape index (κ2) is 5.49. The monoisotopic (exact) mass is 315 g/mol. The van der Waals surface area contributed by atoms with E-state index < -0.39 is 0 Å². The predicted molar refractivity (Wildman–Crippen MR) is 81.5 cm³/mol. The first kappa shape index (κ1) is 13.9. The van der Waals surface area contributed by atoms with Gasteiger partial charge in [0.05, 0.1) is 12.7 Å². The standard InChI is InChI=1S/C16H17N3O4/c1-21-12-7-14-13(22-9-23-14)6-11(12)16-17-4-5-19(16)8-10-2-3-15(20)18-10/h4-7,10H,2-3,8-9H2,1H3,(H,18,20). The van der Waals surface area contributed by atoms with Crippen molar-refractivity contribution in [1.82, 2.24) is 14.9 Å². The van der Waals surface area contributed by atoms with Crippen molar-refractivity contribution in [2.45, 2.75) is 25.4 Å². The molecule has 7 nitrogen and oxygen atoms in total. The molecule has 2 aromatic rings. The average Bonchev–Trinajstić information content (AvgIpc) is 3.27. The molecule has 0 spiro atoms. The van der Waals surface area contributed by atoms with Gasteiger partial charge in [0, 0.05) is 37.5 Å². The van der Waals surface area contributed by atoms with Crippen molar-refractivity contribution in [2.75, 3.05) is 13.9 Å². The summed E-state index contributed by atoms with van der Waals surface area (Å²) >= 11 is 0. The lowest BCUT2D eigenvalue weighted by Crippen LogP contribution is -2.29. The third kappa shape index (κ3) is 2.48. The van der Waals surface area contributed by atoms with Gasteiger partial charge in [-0.2, -0.15) is 0 Å². The van der Waals surface area contributed by atoms with Crippen molar-refractivity contribution in [1.29, 1.82) is 0 Å². The van der Waals surface area contributed by atoms with Gasteiger partial charge in [0.15, 0.2) is 11.5 Å². The fourth-order valence-corrected chi connectivity index (χ4v) is 3.02. The van der Waals surface area contributed by atoms with E-state index >= 15 is 0 Å². The lowest BCUT2D eigenvalue weighted by Gasteiger charge is -2.15. The normalized spacial score (nSPS) is 19.0. The molecule has 0 radical (unpaired) electrons. The third-order valence-electron chi connectivity index (χ3n) is 4.15. The maximum absolute atomic E-state index is 11.4. The lowest BCUT2D eigenvalue weighted by atomic mass is 10.1. The number of hydrogen-bond acceptors (Lipinski definition) is 5. The first-order valence-electron chi connectivity index (χ1n) is 7.53. The maximum Gasteiger partial charge on any atom is 0.231 e. The number of imidazole rings is 1. The summed E-state index contributed by atoms with van der Waals surface area (Å²) in [5.74, 6) is 2.92. The van der Waals surface area contributed by atoms with E-state index in [4.69, 9.17) is 14.2 Å². The number of benzene rings is 1. The fraction of sp³-hybridized carbons (Fsp3) is 0.375. The molecule has 1 unspecified atom stereocenters. The Morgan fingerprint density at radius 3 is 2.96 bits per heavy atom. The number of aromatic nitrogens is 2. The Morgan fingerprint density at radius 1 is 1.39 bits per heavy atom. The van der Waals surface area contributed by atoms with Gasteiger partial charge < -0.3 is 24.1 Å². The summed E-state index contributed by atoms with van der Waals surface area (Å²) in [5.41, 5.74) is 0.839. The molecule has 1 saturated heterocycles. The Labute approximate surface area is 133 Å². The number of hydrogen-bond donors (Lipinski definition) is 1. The highest BCUT2D eigenvalue weighted by Crippen LogP contribution is 2.42. The van der Waals surface area contributed by atoms with Crippen LogP contribution in [0.1, 0.15) is 12.8 Å². The Morgan fingerprint density at radius 2 is 2.22 bits per heavy atom. The molecule has 23 heavy (non-hydrogen) atoms. The smallest absolute Gasteiger partial charge is 0.231 e. The number of carbonyl (C=O) groups is 1. The molecular weight excluding hydrogens is 298 g/mol. The number of nitrogens with one attached hydrogen (secondary N) is 1. The summed E-state index contributed by atoms with van der Waals surface area (Å²) in [4.78, 5) is 15.8. The van der Waals surface area contributed by atoms with E-state index in [0.717, 1.165) is 17.8 Å². The molecular formula is C16H17N3O4. The number of fused-ring (bicyclic) bond motifs is 1. The van der Waals surface area contributed by atoms with Crippen molar-refractivity contribution in [2.24, 2.45) is 0 Å². The molecule has 1 fully saturated rings. The Kier molecular flexibility index (Phi) is 3.33. The van der Waals surface area contributed by atoms with Crippen LogP contribution in [-0.2, 0) is 11.3 Å². The lowest BCUT2D eigenvalue weighted by molar-refractivity contribution is -0.119. The number of ether oxygens (including phenoxy) is 3. The van der Waals surface area contributed by atoms with E-state index in [2.05, 4.69) is 10.3 Å². The topological polar surface area (TPSA) is 74.6 Å². The minimum Gasteiger partial charge on any atom is -0.496 e. The van der Waals surface area contributed by atoms with Crippen LogP contribution in [0.4, 0.5) is 0 Å². The van der Waals surface area contributed by atoms with Crippen LogP contribution in [0.15, 0.2) is 24.5 Å². The number of rotatable bonds is 4. The van der Waals surface area contributed by atoms with Gasteiger partial charge in [-0.1, -0.05) is 0 Å². The molecule has 2 aliphatic heterocycles. The van der Waals surface area contributed by atoms with E-state index in [9.17, 15) is 4.79 Å². The molecule has 1 aromatic carbocycles. The highest BCUT2D eigenvalue weighted by Gasteiger charge is 2.24. The Balaban J connectivity index is 1.68. The van der Waals surface area contributed by atoms with E-state index in [1.165, 1.54) is 0 Å². The van der Waals surface area contributed by atoms with Gasteiger partial charge in [-0.05, 0) is 12.5 Å². The SMILES string of the molecule is COc1cc2c(cc1-c1nccn1CC1CCC(=O)N1)OCO2. The minimum atomic E-state index is 0.109. The van der Waals surface area contributed by atoms with E-state index in [1.807, 2.05) is 22.9 Å².